The third kappa shape index (κ3) is 3.75. The number of nitrogens with one attached hydrogen (secondary N) is 1. The fourth-order valence-corrected chi connectivity index (χ4v) is 1.99. The second-order valence-corrected chi connectivity index (χ2v) is 4.91. The van der Waals surface area contributed by atoms with Gasteiger partial charge in [0.05, 0.1) is 11.9 Å². The smallest absolute Gasteiger partial charge is 0.318 e. The minimum absolute atomic E-state index is 0.0708. The number of hydrogen-bond donors (Lipinski definition) is 2. The molecule has 2 aromatic carbocycles. The van der Waals surface area contributed by atoms with Gasteiger partial charge in [0, 0.05) is 0 Å². The zero-order valence-electron chi connectivity index (χ0n) is 12.4. The van der Waals surface area contributed by atoms with E-state index >= 15 is 0 Å². The number of rotatable bonds is 5. The van der Waals surface area contributed by atoms with Crippen LogP contribution < -0.4 is 10.1 Å². The van der Waals surface area contributed by atoms with Gasteiger partial charge in [-0.05, 0) is 29.8 Å². The zero-order chi connectivity index (χ0) is 16.9. The van der Waals surface area contributed by atoms with E-state index in [2.05, 4.69) is 15.3 Å². The van der Waals surface area contributed by atoms with Gasteiger partial charge in [0.1, 0.15) is 18.2 Å². The Morgan fingerprint density at radius 3 is 2.67 bits per heavy atom. The lowest BCUT2D eigenvalue weighted by molar-refractivity contribution is 0.279. The maximum Gasteiger partial charge on any atom is 0.318 e. The van der Waals surface area contributed by atoms with Gasteiger partial charge in [-0.2, -0.15) is 4.98 Å². The van der Waals surface area contributed by atoms with E-state index < -0.39 is 11.6 Å². The Morgan fingerprint density at radius 1 is 1.04 bits per heavy atom. The molecule has 1 aromatic heterocycles. The fourth-order valence-electron chi connectivity index (χ4n) is 1.99. The molecule has 1 heterocycles. The number of hydrogen-bond acceptors (Lipinski definition) is 5. The van der Waals surface area contributed by atoms with Gasteiger partial charge >= 0.3 is 6.01 Å². The van der Waals surface area contributed by atoms with Gasteiger partial charge in [0.2, 0.25) is 0 Å². The second-order valence-electron chi connectivity index (χ2n) is 4.91. The van der Waals surface area contributed by atoms with E-state index in [-0.39, 0.29) is 29.9 Å². The molecular weight excluding hydrogens is 316 g/mol. The molecule has 0 aliphatic rings. The Kier molecular flexibility index (Phi) is 4.51. The molecule has 0 saturated carbocycles. The van der Waals surface area contributed by atoms with Gasteiger partial charge in [-0.1, -0.05) is 24.3 Å². The number of phenols is 1. The number of phenolic OH excluding ortho intramolecular Hbond substituents is 1. The van der Waals surface area contributed by atoms with Crippen molar-refractivity contribution in [1.29, 1.82) is 0 Å². The largest absolute Gasteiger partial charge is 0.508 e. The van der Waals surface area contributed by atoms with E-state index in [0.717, 1.165) is 6.20 Å². The van der Waals surface area contributed by atoms with Crippen LogP contribution in [0.5, 0.6) is 11.8 Å². The molecule has 0 atom stereocenters. The number of anilines is 2. The molecule has 0 amide bonds. The van der Waals surface area contributed by atoms with Crippen LogP contribution in [0.25, 0.3) is 0 Å². The number of benzene rings is 2. The number of aromatic hydroxyl groups is 1. The van der Waals surface area contributed by atoms with Crippen molar-refractivity contribution in [2.24, 2.45) is 0 Å². The van der Waals surface area contributed by atoms with Crippen molar-refractivity contribution in [2.45, 2.75) is 6.61 Å². The van der Waals surface area contributed by atoms with Crippen molar-refractivity contribution in [2.75, 3.05) is 5.32 Å². The maximum absolute atomic E-state index is 13.8. The summed E-state index contributed by atoms with van der Waals surface area (Å²) >= 11 is 0. The lowest BCUT2D eigenvalue weighted by Gasteiger charge is -2.09. The van der Waals surface area contributed by atoms with E-state index in [4.69, 9.17) is 4.74 Å². The number of nitrogens with zero attached hydrogens (tertiary/aromatic N) is 2. The molecule has 0 bridgehead atoms. The third-order valence-electron chi connectivity index (χ3n) is 3.13. The SMILES string of the molecule is Oc1cccc(COc2ncc(F)c(Nc3ccccc3F)n2)c1. The molecule has 0 unspecified atom stereocenters. The summed E-state index contributed by atoms with van der Waals surface area (Å²) in [5.74, 6) is -1.35. The van der Waals surface area contributed by atoms with Crippen molar-refractivity contribution >= 4 is 11.5 Å². The van der Waals surface area contributed by atoms with Crippen molar-refractivity contribution in [3.8, 4) is 11.8 Å². The quantitative estimate of drug-likeness (QED) is 0.745. The fraction of sp³-hybridized carbons (Fsp3) is 0.0588. The van der Waals surface area contributed by atoms with Crippen LogP contribution in [-0.2, 0) is 6.61 Å². The molecule has 0 saturated heterocycles. The first-order valence-corrected chi connectivity index (χ1v) is 7.06. The Morgan fingerprint density at radius 2 is 1.88 bits per heavy atom. The molecule has 0 aliphatic heterocycles. The molecule has 0 spiro atoms. The number of aromatic nitrogens is 2. The standard InChI is InChI=1S/C17H13F2N3O2/c18-13-6-1-2-7-15(13)21-16-14(19)9-20-17(22-16)24-10-11-4-3-5-12(23)8-11/h1-9,23H,10H2,(H,20,21,22). The number of ether oxygens (including phenoxy) is 1. The molecular formula is C17H13F2N3O2. The summed E-state index contributed by atoms with van der Waals surface area (Å²) in [6.07, 6.45) is 0.938. The zero-order valence-corrected chi connectivity index (χ0v) is 12.4. The van der Waals surface area contributed by atoms with E-state index in [9.17, 15) is 13.9 Å². The van der Waals surface area contributed by atoms with Gasteiger partial charge in [-0.3, -0.25) is 0 Å². The van der Waals surface area contributed by atoms with Crippen molar-refractivity contribution < 1.29 is 18.6 Å². The van der Waals surface area contributed by atoms with Crippen LogP contribution in [0.2, 0.25) is 0 Å². The Balaban J connectivity index is 1.75. The summed E-state index contributed by atoms with van der Waals surface area (Å²) in [6.45, 7) is 0.0964. The number of halogens is 2. The first-order chi connectivity index (χ1) is 11.6. The Bertz CT molecular complexity index is 859. The van der Waals surface area contributed by atoms with Gasteiger partial charge in [0.15, 0.2) is 11.6 Å². The molecule has 3 aromatic rings. The van der Waals surface area contributed by atoms with Crippen LogP contribution in [0.3, 0.4) is 0 Å². The lowest BCUT2D eigenvalue weighted by Crippen LogP contribution is -2.04. The lowest BCUT2D eigenvalue weighted by atomic mass is 10.2. The molecule has 3 rings (SSSR count). The molecule has 0 aliphatic carbocycles. The molecule has 7 heteroatoms. The summed E-state index contributed by atoms with van der Waals surface area (Å²) in [6, 6.07) is 12.3. The minimum atomic E-state index is -0.733. The van der Waals surface area contributed by atoms with Gasteiger partial charge < -0.3 is 15.2 Å². The highest BCUT2D eigenvalue weighted by Gasteiger charge is 2.10. The molecule has 0 fully saturated rings. The summed E-state index contributed by atoms with van der Waals surface area (Å²) in [4.78, 5) is 7.63. The predicted octanol–water partition coefficient (Wildman–Crippen LogP) is 3.78. The average Bonchev–Trinajstić information content (AvgIpc) is 2.57. The van der Waals surface area contributed by atoms with E-state index in [1.807, 2.05) is 0 Å². The summed E-state index contributed by atoms with van der Waals surface area (Å²) in [5.41, 5.74) is 0.792. The van der Waals surface area contributed by atoms with E-state index in [0.29, 0.717) is 5.56 Å². The summed E-state index contributed by atoms with van der Waals surface area (Å²) < 4.78 is 32.8. The minimum Gasteiger partial charge on any atom is -0.508 e. The van der Waals surface area contributed by atoms with Crippen LogP contribution in [0.4, 0.5) is 20.3 Å². The third-order valence-corrected chi connectivity index (χ3v) is 3.13. The Labute approximate surface area is 136 Å². The van der Waals surface area contributed by atoms with Crippen molar-refractivity contribution in [3.05, 3.63) is 71.9 Å². The van der Waals surface area contributed by atoms with Gasteiger partial charge in [-0.15, -0.1) is 0 Å². The predicted molar refractivity (Wildman–Crippen MR) is 84.1 cm³/mol. The maximum atomic E-state index is 13.8. The highest BCUT2D eigenvalue weighted by atomic mass is 19.1. The van der Waals surface area contributed by atoms with Crippen LogP contribution >= 0.6 is 0 Å². The van der Waals surface area contributed by atoms with Crippen molar-refractivity contribution in [1.82, 2.24) is 9.97 Å². The average molecular weight is 329 g/mol. The van der Waals surface area contributed by atoms with Crippen LogP contribution in [0.15, 0.2) is 54.7 Å². The second kappa shape index (κ2) is 6.91. The first kappa shape index (κ1) is 15.7. The van der Waals surface area contributed by atoms with Gasteiger partial charge in [-0.25, -0.2) is 13.8 Å². The molecule has 24 heavy (non-hydrogen) atoms. The van der Waals surface area contributed by atoms with Gasteiger partial charge in [0.25, 0.3) is 0 Å². The molecule has 5 nitrogen and oxygen atoms in total. The molecule has 122 valence electrons. The number of para-hydroxylation sites is 1. The highest BCUT2D eigenvalue weighted by molar-refractivity contribution is 5.57. The van der Waals surface area contributed by atoms with Crippen LogP contribution in [-0.4, -0.2) is 15.1 Å². The van der Waals surface area contributed by atoms with Crippen LogP contribution in [0, 0.1) is 11.6 Å². The summed E-state index contributed by atoms with van der Waals surface area (Å²) in [5, 5.41) is 12.0. The summed E-state index contributed by atoms with van der Waals surface area (Å²) in [7, 11) is 0. The topological polar surface area (TPSA) is 67.3 Å². The first-order valence-electron chi connectivity index (χ1n) is 7.06. The van der Waals surface area contributed by atoms with Crippen LogP contribution in [0.1, 0.15) is 5.56 Å². The van der Waals surface area contributed by atoms with Crippen molar-refractivity contribution in [3.63, 3.8) is 0 Å². The van der Waals surface area contributed by atoms with E-state index in [1.165, 1.54) is 30.3 Å². The normalized spacial score (nSPS) is 10.4. The molecule has 2 N–H and O–H groups in total. The highest BCUT2D eigenvalue weighted by Crippen LogP contribution is 2.22. The molecule has 0 radical (unpaired) electrons. The monoisotopic (exact) mass is 329 g/mol. The van der Waals surface area contributed by atoms with E-state index in [1.54, 1.807) is 18.2 Å². The Hall–Kier alpha value is -3.22.